The fourth-order valence-electron chi connectivity index (χ4n) is 4.99. The third kappa shape index (κ3) is 4.14. The van der Waals surface area contributed by atoms with Gasteiger partial charge >= 0.3 is 0 Å². The average Bonchev–Trinajstić information content (AvgIpc) is 3.51. The van der Waals surface area contributed by atoms with Crippen LogP contribution in [0.5, 0.6) is 0 Å². The van der Waals surface area contributed by atoms with Gasteiger partial charge in [0.25, 0.3) is 0 Å². The van der Waals surface area contributed by atoms with Crippen molar-refractivity contribution >= 4 is 5.91 Å². The minimum absolute atomic E-state index is 0.372. The normalized spacial score (nSPS) is 25.9. The summed E-state index contributed by atoms with van der Waals surface area (Å²) in [6.45, 7) is 6.68. The second kappa shape index (κ2) is 8.12. The minimum Gasteiger partial charge on any atom is -0.339 e. The van der Waals surface area contributed by atoms with Crippen LogP contribution in [0.3, 0.4) is 0 Å². The van der Waals surface area contributed by atoms with E-state index in [1.165, 1.54) is 62.7 Å². The van der Waals surface area contributed by atoms with Crippen LogP contribution < -0.4 is 0 Å². The van der Waals surface area contributed by atoms with Gasteiger partial charge in [0.05, 0.1) is 0 Å². The van der Waals surface area contributed by atoms with Crippen LogP contribution >= 0.6 is 0 Å². The Morgan fingerprint density at radius 1 is 0.962 bits per heavy atom. The number of piperidine rings is 1. The molecule has 0 aromatic heterocycles. The molecule has 0 radical (unpaired) electrons. The molecule has 2 aliphatic heterocycles. The van der Waals surface area contributed by atoms with E-state index in [0.29, 0.717) is 23.8 Å². The number of rotatable bonds is 4. The summed E-state index contributed by atoms with van der Waals surface area (Å²) in [6.07, 6.45) is 9.84. The third-order valence-electron chi connectivity index (χ3n) is 6.84. The van der Waals surface area contributed by atoms with Crippen LogP contribution in [0.15, 0.2) is 24.3 Å². The van der Waals surface area contributed by atoms with Gasteiger partial charge in [0.2, 0.25) is 5.91 Å². The number of nitrogens with zero attached hydrogens (tertiary/aromatic N) is 2. The van der Waals surface area contributed by atoms with E-state index in [0.717, 1.165) is 25.9 Å². The Kier molecular flexibility index (Phi) is 5.63. The number of hydrogen-bond acceptors (Lipinski definition) is 2. The van der Waals surface area contributed by atoms with Gasteiger partial charge in [-0.25, -0.2) is 0 Å². The Bertz CT molecular complexity index is 616. The number of carbonyl (C=O) groups excluding carboxylic acids is 1. The maximum absolute atomic E-state index is 12.8. The lowest BCUT2D eigenvalue weighted by Crippen LogP contribution is -2.48. The second-order valence-corrected chi connectivity index (χ2v) is 8.76. The molecule has 3 heteroatoms. The molecule has 1 amide bonds. The largest absolute Gasteiger partial charge is 0.339 e. The highest BCUT2D eigenvalue weighted by atomic mass is 16.2. The molecule has 26 heavy (non-hydrogen) atoms. The second-order valence-electron chi connectivity index (χ2n) is 8.76. The molecule has 3 nitrogen and oxygen atoms in total. The van der Waals surface area contributed by atoms with E-state index in [-0.39, 0.29) is 0 Å². The molecule has 1 aromatic carbocycles. The predicted molar refractivity (Wildman–Crippen MR) is 106 cm³/mol. The van der Waals surface area contributed by atoms with Crippen LogP contribution in [0.1, 0.15) is 62.5 Å². The molecule has 1 aromatic rings. The summed E-state index contributed by atoms with van der Waals surface area (Å²) in [5, 5.41) is 0. The Balaban J connectivity index is 1.36. The lowest BCUT2D eigenvalue weighted by atomic mass is 9.85. The first-order valence-electron chi connectivity index (χ1n) is 10.8. The zero-order valence-corrected chi connectivity index (χ0v) is 16.3. The number of aryl methyl sites for hydroxylation is 1. The summed E-state index contributed by atoms with van der Waals surface area (Å²) in [5.74, 6) is 1.57. The number of likely N-dealkylation sites (tertiary alicyclic amines) is 2. The van der Waals surface area contributed by atoms with Gasteiger partial charge in [-0.15, -0.1) is 0 Å². The molecule has 0 N–H and O–H groups in total. The Hall–Kier alpha value is -1.35. The molecular weight excluding hydrogens is 320 g/mol. The number of amides is 1. The van der Waals surface area contributed by atoms with Crippen molar-refractivity contribution in [1.82, 2.24) is 9.80 Å². The Labute approximate surface area is 158 Å². The van der Waals surface area contributed by atoms with Crippen molar-refractivity contribution in [3.05, 3.63) is 35.4 Å². The molecule has 1 saturated carbocycles. The van der Waals surface area contributed by atoms with Crippen molar-refractivity contribution in [2.45, 2.75) is 70.9 Å². The van der Waals surface area contributed by atoms with Crippen LogP contribution in [0.25, 0.3) is 0 Å². The lowest BCUT2D eigenvalue weighted by molar-refractivity contribution is -0.136. The van der Waals surface area contributed by atoms with Gasteiger partial charge in [-0.1, -0.05) is 37.1 Å². The molecule has 0 spiro atoms. The maximum atomic E-state index is 12.8. The van der Waals surface area contributed by atoms with Crippen molar-refractivity contribution in [1.29, 1.82) is 0 Å². The molecule has 2 heterocycles. The van der Waals surface area contributed by atoms with Gasteiger partial charge in [-0.2, -0.15) is 0 Å². The van der Waals surface area contributed by atoms with Gasteiger partial charge in [0, 0.05) is 25.0 Å². The first-order valence-corrected chi connectivity index (χ1v) is 10.8. The summed E-state index contributed by atoms with van der Waals surface area (Å²) < 4.78 is 0. The van der Waals surface area contributed by atoms with Gasteiger partial charge in [0.15, 0.2) is 0 Å². The van der Waals surface area contributed by atoms with E-state index in [2.05, 4.69) is 41.0 Å². The number of carbonyl (C=O) groups is 1. The van der Waals surface area contributed by atoms with E-state index in [4.69, 9.17) is 0 Å². The smallest absolute Gasteiger partial charge is 0.225 e. The minimum atomic E-state index is 0.372. The monoisotopic (exact) mass is 354 g/mol. The Morgan fingerprint density at radius 3 is 2.46 bits per heavy atom. The van der Waals surface area contributed by atoms with Crippen molar-refractivity contribution < 1.29 is 4.79 Å². The van der Waals surface area contributed by atoms with Gasteiger partial charge < -0.3 is 4.90 Å². The van der Waals surface area contributed by atoms with Gasteiger partial charge in [-0.05, 0) is 75.6 Å². The van der Waals surface area contributed by atoms with E-state index < -0.39 is 0 Å². The zero-order valence-electron chi connectivity index (χ0n) is 16.3. The molecule has 142 valence electrons. The lowest BCUT2D eigenvalue weighted by Gasteiger charge is -2.41. The highest BCUT2D eigenvalue weighted by molar-refractivity contribution is 5.81. The van der Waals surface area contributed by atoms with Crippen LogP contribution in [-0.4, -0.2) is 41.4 Å². The Morgan fingerprint density at radius 2 is 1.73 bits per heavy atom. The standard InChI is InChI=1S/C23H34N2O/c1-18-7-4-5-8-21(18)17-24-15-12-19(13-16-24)22-9-3-2-6-14-25(22)23(26)20-10-11-20/h4-5,7-8,19-20,22H,2-3,6,9-17H2,1H3. The highest BCUT2D eigenvalue weighted by Gasteiger charge is 2.39. The quantitative estimate of drug-likeness (QED) is 0.801. The van der Waals surface area contributed by atoms with Crippen LogP contribution in [-0.2, 0) is 11.3 Å². The van der Waals surface area contributed by atoms with Crippen LogP contribution in [0.2, 0.25) is 0 Å². The van der Waals surface area contributed by atoms with E-state index in [1.54, 1.807) is 0 Å². The summed E-state index contributed by atoms with van der Waals surface area (Å²) in [6, 6.07) is 9.29. The fourth-order valence-corrected chi connectivity index (χ4v) is 4.99. The molecule has 1 atom stereocenters. The SMILES string of the molecule is Cc1ccccc1CN1CCC(C2CCCCCN2C(=O)C2CC2)CC1. The summed E-state index contributed by atoms with van der Waals surface area (Å²) in [4.78, 5) is 17.8. The molecule has 1 unspecified atom stereocenters. The topological polar surface area (TPSA) is 23.6 Å². The van der Waals surface area contributed by atoms with E-state index >= 15 is 0 Å². The van der Waals surface area contributed by atoms with E-state index in [9.17, 15) is 4.79 Å². The molecule has 1 aliphatic carbocycles. The van der Waals surface area contributed by atoms with Crippen LogP contribution in [0.4, 0.5) is 0 Å². The van der Waals surface area contributed by atoms with Crippen molar-refractivity contribution in [3.8, 4) is 0 Å². The first-order chi connectivity index (χ1) is 12.7. The summed E-state index contributed by atoms with van der Waals surface area (Å²) in [5.41, 5.74) is 2.87. The molecular formula is C23H34N2O. The van der Waals surface area contributed by atoms with Crippen molar-refractivity contribution in [2.75, 3.05) is 19.6 Å². The molecule has 3 fully saturated rings. The molecule has 3 aliphatic rings. The molecule has 4 rings (SSSR count). The third-order valence-corrected chi connectivity index (χ3v) is 6.84. The highest BCUT2D eigenvalue weighted by Crippen LogP contribution is 2.36. The zero-order chi connectivity index (χ0) is 17.9. The number of benzene rings is 1. The van der Waals surface area contributed by atoms with Crippen molar-refractivity contribution in [2.24, 2.45) is 11.8 Å². The fraction of sp³-hybridized carbons (Fsp3) is 0.696. The van der Waals surface area contributed by atoms with Gasteiger partial charge in [-0.3, -0.25) is 9.69 Å². The van der Waals surface area contributed by atoms with Crippen molar-refractivity contribution in [3.63, 3.8) is 0 Å². The average molecular weight is 355 g/mol. The molecule has 0 bridgehead atoms. The summed E-state index contributed by atoms with van der Waals surface area (Å²) >= 11 is 0. The van der Waals surface area contributed by atoms with E-state index in [1.807, 2.05) is 0 Å². The number of hydrogen-bond donors (Lipinski definition) is 0. The predicted octanol–water partition coefficient (Wildman–Crippen LogP) is 4.39. The van der Waals surface area contributed by atoms with Crippen LogP contribution in [0, 0.1) is 18.8 Å². The maximum Gasteiger partial charge on any atom is 0.225 e. The van der Waals surface area contributed by atoms with Gasteiger partial charge in [0.1, 0.15) is 0 Å². The molecule has 2 saturated heterocycles. The summed E-state index contributed by atoms with van der Waals surface area (Å²) in [7, 11) is 0. The first kappa shape index (κ1) is 18.0.